The van der Waals surface area contributed by atoms with Crippen molar-refractivity contribution in [3.05, 3.63) is 36.0 Å². The molecule has 2 aromatic rings. The van der Waals surface area contributed by atoms with Crippen molar-refractivity contribution in [1.29, 1.82) is 0 Å². The third-order valence-electron chi connectivity index (χ3n) is 3.01. The van der Waals surface area contributed by atoms with Crippen molar-refractivity contribution in [3.8, 4) is 0 Å². The maximum absolute atomic E-state index is 10.7. The first-order chi connectivity index (χ1) is 7.85. The van der Waals surface area contributed by atoms with E-state index in [0.29, 0.717) is 12.3 Å². The second-order valence-corrected chi connectivity index (χ2v) is 4.20. The summed E-state index contributed by atoms with van der Waals surface area (Å²) in [7, 11) is 0. The number of nitrogens with one attached hydrogen (secondary N) is 1. The van der Waals surface area contributed by atoms with Gasteiger partial charge in [-0.25, -0.2) is 0 Å². The molecule has 0 aliphatic carbocycles. The van der Waals surface area contributed by atoms with Crippen LogP contribution in [0.3, 0.4) is 0 Å². The number of hydrogen-bond acceptors (Lipinski definition) is 1. The van der Waals surface area contributed by atoms with Crippen molar-refractivity contribution in [2.24, 2.45) is 0 Å². The predicted molar refractivity (Wildman–Crippen MR) is 66.6 cm³/mol. The summed E-state index contributed by atoms with van der Waals surface area (Å²) in [4.78, 5) is 14.1. The lowest BCUT2D eigenvalue weighted by atomic mass is 9.97. The molecule has 0 saturated carbocycles. The summed E-state index contributed by atoms with van der Waals surface area (Å²) in [5.74, 6) is 0.342. The van der Waals surface area contributed by atoms with Crippen LogP contribution >= 0.6 is 0 Å². The highest BCUT2D eigenvalue weighted by molar-refractivity contribution is 5.80. The van der Waals surface area contributed by atoms with Crippen molar-refractivity contribution in [3.63, 3.8) is 0 Å². The molecule has 0 saturated heterocycles. The highest BCUT2D eigenvalue weighted by atomic mass is 16.1. The number of H-pyrrole nitrogens is 1. The van der Waals surface area contributed by atoms with Gasteiger partial charge in [0, 0.05) is 23.5 Å². The van der Waals surface area contributed by atoms with E-state index in [0.717, 1.165) is 24.6 Å². The summed E-state index contributed by atoms with van der Waals surface area (Å²) >= 11 is 0. The zero-order valence-electron chi connectivity index (χ0n) is 9.57. The Kier molecular flexibility index (Phi) is 3.40. The third-order valence-corrected chi connectivity index (χ3v) is 3.01. The van der Waals surface area contributed by atoms with E-state index in [9.17, 15) is 4.79 Å². The lowest BCUT2D eigenvalue weighted by Crippen LogP contribution is -1.99. The predicted octanol–water partition coefficient (Wildman–Crippen LogP) is 3.64. The zero-order chi connectivity index (χ0) is 11.4. The van der Waals surface area contributed by atoms with Gasteiger partial charge in [-0.3, -0.25) is 0 Å². The molecule has 2 nitrogen and oxygen atoms in total. The Labute approximate surface area is 95.7 Å². The minimum Gasteiger partial charge on any atom is -0.358 e. The van der Waals surface area contributed by atoms with Crippen LogP contribution in [0.5, 0.6) is 0 Å². The summed E-state index contributed by atoms with van der Waals surface area (Å²) < 4.78 is 0. The fraction of sp³-hybridized carbons (Fsp3) is 0.357. The molecule has 84 valence electrons. The molecule has 2 rings (SSSR count). The van der Waals surface area contributed by atoms with E-state index in [2.05, 4.69) is 30.1 Å². The molecule has 0 fully saturated rings. The van der Waals surface area contributed by atoms with Gasteiger partial charge in [0.05, 0.1) is 0 Å². The van der Waals surface area contributed by atoms with Gasteiger partial charge in [0.15, 0.2) is 0 Å². The van der Waals surface area contributed by atoms with Gasteiger partial charge in [-0.05, 0) is 23.9 Å². The van der Waals surface area contributed by atoms with Crippen molar-refractivity contribution in [2.45, 2.75) is 32.1 Å². The average molecular weight is 215 g/mol. The minimum absolute atomic E-state index is 0.342. The summed E-state index contributed by atoms with van der Waals surface area (Å²) in [6.45, 7) is 2.15. The second kappa shape index (κ2) is 4.97. The molecular formula is C14H17NO. The number of aromatic nitrogens is 1. The topological polar surface area (TPSA) is 32.9 Å². The maximum Gasteiger partial charge on any atom is 0.120 e. The van der Waals surface area contributed by atoms with E-state index in [4.69, 9.17) is 0 Å². The molecule has 2 heteroatoms. The van der Waals surface area contributed by atoms with Gasteiger partial charge in [0.2, 0.25) is 0 Å². The normalized spacial score (nSPS) is 12.8. The number of para-hydroxylation sites is 1. The number of carbonyl (C=O) groups is 1. The quantitative estimate of drug-likeness (QED) is 0.759. The van der Waals surface area contributed by atoms with Gasteiger partial charge in [0.1, 0.15) is 6.29 Å². The Morgan fingerprint density at radius 2 is 2.19 bits per heavy atom. The summed E-state index contributed by atoms with van der Waals surface area (Å²) in [6.07, 6.45) is 3.80. The summed E-state index contributed by atoms with van der Waals surface area (Å²) in [6, 6.07) is 10.4. The Hall–Kier alpha value is -1.57. The first-order valence-electron chi connectivity index (χ1n) is 5.86. The molecule has 0 bridgehead atoms. The van der Waals surface area contributed by atoms with Crippen LogP contribution in [0.4, 0.5) is 0 Å². The number of aromatic amines is 1. The summed E-state index contributed by atoms with van der Waals surface area (Å²) in [5.41, 5.74) is 2.35. The average Bonchev–Trinajstić information content (AvgIpc) is 2.72. The number of benzene rings is 1. The van der Waals surface area contributed by atoms with Gasteiger partial charge in [-0.1, -0.05) is 31.5 Å². The molecule has 0 aliphatic rings. The molecule has 16 heavy (non-hydrogen) atoms. The molecule has 1 atom stereocenters. The lowest BCUT2D eigenvalue weighted by molar-refractivity contribution is -0.108. The highest BCUT2D eigenvalue weighted by Crippen LogP contribution is 2.26. The van der Waals surface area contributed by atoms with E-state index in [1.165, 1.54) is 11.1 Å². The molecule has 0 radical (unpaired) electrons. The Bertz CT molecular complexity index is 439. The van der Waals surface area contributed by atoms with Crippen LogP contribution in [0.25, 0.3) is 10.9 Å². The van der Waals surface area contributed by atoms with Gasteiger partial charge in [-0.2, -0.15) is 0 Å². The second-order valence-electron chi connectivity index (χ2n) is 4.20. The fourth-order valence-electron chi connectivity index (χ4n) is 2.18. The van der Waals surface area contributed by atoms with E-state index in [1.807, 2.05) is 12.1 Å². The van der Waals surface area contributed by atoms with Crippen molar-refractivity contribution in [2.75, 3.05) is 0 Å². The summed E-state index contributed by atoms with van der Waals surface area (Å²) in [5, 5.41) is 1.23. The van der Waals surface area contributed by atoms with E-state index >= 15 is 0 Å². The third kappa shape index (κ3) is 2.16. The SMILES string of the molecule is CCC[C@H](CC=O)c1cc2ccccc2[nH]1. The maximum atomic E-state index is 10.7. The van der Waals surface area contributed by atoms with Crippen LogP contribution in [0.2, 0.25) is 0 Å². The molecule has 1 aromatic carbocycles. The van der Waals surface area contributed by atoms with E-state index in [-0.39, 0.29) is 0 Å². The number of hydrogen-bond donors (Lipinski definition) is 1. The lowest BCUT2D eigenvalue weighted by Gasteiger charge is -2.10. The number of rotatable bonds is 5. The number of aldehydes is 1. The van der Waals surface area contributed by atoms with Gasteiger partial charge >= 0.3 is 0 Å². The molecular weight excluding hydrogens is 198 g/mol. The molecule has 0 spiro atoms. The Morgan fingerprint density at radius 1 is 1.38 bits per heavy atom. The largest absolute Gasteiger partial charge is 0.358 e. The molecule has 0 amide bonds. The zero-order valence-corrected chi connectivity index (χ0v) is 9.57. The highest BCUT2D eigenvalue weighted by Gasteiger charge is 2.12. The van der Waals surface area contributed by atoms with E-state index in [1.54, 1.807) is 0 Å². The van der Waals surface area contributed by atoms with Crippen LogP contribution in [-0.2, 0) is 4.79 Å². The first-order valence-corrected chi connectivity index (χ1v) is 5.86. The number of fused-ring (bicyclic) bond motifs is 1. The van der Waals surface area contributed by atoms with E-state index < -0.39 is 0 Å². The Morgan fingerprint density at radius 3 is 2.88 bits per heavy atom. The van der Waals surface area contributed by atoms with Crippen LogP contribution in [-0.4, -0.2) is 11.3 Å². The van der Waals surface area contributed by atoms with Crippen LogP contribution < -0.4 is 0 Å². The van der Waals surface area contributed by atoms with Crippen molar-refractivity contribution in [1.82, 2.24) is 4.98 Å². The monoisotopic (exact) mass is 215 g/mol. The molecule has 1 N–H and O–H groups in total. The Balaban J connectivity index is 2.32. The van der Waals surface area contributed by atoms with Crippen LogP contribution in [0.1, 0.15) is 37.8 Å². The van der Waals surface area contributed by atoms with Crippen molar-refractivity contribution >= 4 is 17.2 Å². The fourth-order valence-corrected chi connectivity index (χ4v) is 2.18. The van der Waals surface area contributed by atoms with Crippen LogP contribution in [0.15, 0.2) is 30.3 Å². The first kappa shape index (κ1) is 10.9. The molecule has 1 heterocycles. The van der Waals surface area contributed by atoms with Gasteiger partial charge < -0.3 is 9.78 Å². The molecule has 1 aromatic heterocycles. The standard InChI is InChI=1S/C14H17NO/c1-2-5-11(8-9-16)14-10-12-6-3-4-7-13(12)15-14/h3-4,6-7,9-11,15H,2,5,8H2,1H3/t11-/m1/s1. The minimum atomic E-state index is 0.342. The van der Waals surface area contributed by atoms with Crippen molar-refractivity contribution < 1.29 is 4.79 Å². The van der Waals surface area contributed by atoms with Crippen LogP contribution in [0, 0.1) is 0 Å². The molecule has 0 unspecified atom stereocenters. The smallest absolute Gasteiger partial charge is 0.120 e. The molecule has 0 aliphatic heterocycles. The van der Waals surface area contributed by atoms with Gasteiger partial charge in [0.25, 0.3) is 0 Å². The van der Waals surface area contributed by atoms with Gasteiger partial charge in [-0.15, -0.1) is 0 Å². The number of carbonyl (C=O) groups excluding carboxylic acids is 1.